The maximum atomic E-state index is 13.0. The third-order valence-corrected chi connectivity index (χ3v) is 6.32. The fourth-order valence-electron chi connectivity index (χ4n) is 3.52. The fraction of sp³-hybridized carbons (Fsp3) is 0.115. The molecule has 14 heteroatoms. The number of rotatable bonds is 8. The Balaban J connectivity index is 1.47. The number of ether oxygens (including phenoxy) is 2. The number of benzene rings is 3. The van der Waals surface area contributed by atoms with Crippen molar-refractivity contribution in [2.45, 2.75) is 6.18 Å². The normalized spacial score (nSPS) is 14.4. The number of carbonyl (C=O) groups excluding carboxylic acids is 3. The van der Waals surface area contributed by atoms with Gasteiger partial charge < -0.3 is 14.8 Å². The summed E-state index contributed by atoms with van der Waals surface area (Å²) >= 11 is 0.615. The first-order valence-corrected chi connectivity index (χ1v) is 12.1. The number of anilines is 1. The predicted molar refractivity (Wildman–Crippen MR) is 139 cm³/mol. The van der Waals surface area contributed by atoms with E-state index in [1.165, 1.54) is 31.4 Å². The number of hydrogen-bond acceptors (Lipinski definition) is 8. The third-order valence-electron chi connectivity index (χ3n) is 5.42. The van der Waals surface area contributed by atoms with E-state index in [1.807, 2.05) is 0 Å². The molecule has 1 heterocycles. The monoisotopic (exact) mass is 573 g/mol. The van der Waals surface area contributed by atoms with Gasteiger partial charge >= 0.3 is 11.9 Å². The summed E-state index contributed by atoms with van der Waals surface area (Å²) in [5, 5.41) is 13.3. The second-order valence-corrected chi connectivity index (χ2v) is 9.15. The molecule has 0 atom stereocenters. The van der Waals surface area contributed by atoms with Gasteiger partial charge in [-0.3, -0.25) is 29.4 Å². The number of methoxy groups -OCH3 is 1. The summed E-state index contributed by atoms with van der Waals surface area (Å²) in [7, 11) is 1.50. The summed E-state index contributed by atoms with van der Waals surface area (Å²) < 4.78 is 49.4. The molecule has 206 valence electrons. The molecule has 10 nitrogen and oxygen atoms in total. The lowest BCUT2D eigenvalue weighted by Crippen LogP contribution is -2.36. The van der Waals surface area contributed by atoms with Gasteiger partial charge in [-0.05, 0) is 71.9 Å². The number of amides is 3. The van der Waals surface area contributed by atoms with E-state index in [0.29, 0.717) is 40.9 Å². The topological polar surface area (TPSA) is 128 Å². The number of hydrogen-bond donors (Lipinski definition) is 1. The zero-order valence-electron chi connectivity index (χ0n) is 20.4. The number of imide groups is 1. The molecule has 1 N–H and O–H groups in total. The van der Waals surface area contributed by atoms with Crippen molar-refractivity contribution in [1.82, 2.24) is 4.90 Å². The Bertz CT molecular complexity index is 1520. The average molecular weight is 574 g/mol. The van der Waals surface area contributed by atoms with Gasteiger partial charge in [0.2, 0.25) is 11.7 Å². The quantitative estimate of drug-likeness (QED) is 0.195. The predicted octanol–water partition coefficient (Wildman–Crippen LogP) is 6.09. The van der Waals surface area contributed by atoms with E-state index < -0.39 is 51.7 Å². The van der Waals surface area contributed by atoms with Crippen molar-refractivity contribution in [3.05, 3.63) is 92.9 Å². The number of nitro groups is 1. The fourth-order valence-corrected chi connectivity index (χ4v) is 4.36. The van der Waals surface area contributed by atoms with Crippen LogP contribution in [0.4, 0.5) is 29.3 Å². The van der Waals surface area contributed by atoms with Crippen LogP contribution in [0, 0.1) is 10.1 Å². The SMILES string of the molecule is COc1ccc(NC(=O)CN2C(=O)S/C(=C/c3cccc(Oc4ccc(C(F)(F)F)cc4[N+](=O)[O-])c3)C2=O)cc1. The summed E-state index contributed by atoms with van der Waals surface area (Å²) in [5.41, 5.74) is -1.28. The van der Waals surface area contributed by atoms with Crippen molar-refractivity contribution in [3.63, 3.8) is 0 Å². The average Bonchev–Trinajstić information content (AvgIpc) is 3.16. The van der Waals surface area contributed by atoms with Crippen LogP contribution in [0.1, 0.15) is 11.1 Å². The number of nitrogens with zero attached hydrogens (tertiary/aromatic N) is 2. The molecule has 0 bridgehead atoms. The molecule has 1 fully saturated rings. The van der Waals surface area contributed by atoms with Crippen LogP contribution in [0.3, 0.4) is 0 Å². The minimum Gasteiger partial charge on any atom is -0.497 e. The lowest BCUT2D eigenvalue weighted by molar-refractivity contribution is -0.385. The Kier molecular flexibility index (Phi) is 8.09. The minimum atomic E-state index is -4.78. The first-order chi connectivity index (χ1) is 18.9. The lowest BCUT2D eigenvalue weighted by Gasteiger charge is -2.12. The van der Waals surface area contributed by atoms with Crippen LogP contribution in [0.2, 0.25) is 0 Å². The second kappa shape index (κ2) is 11.5. The summed E-state index contributed by atoms with van der Waals surface area (Å²) in [5.74, 6) is -1.10. The van der Waals surface area contributed by atoms with Gasteiger partial charge in [-0.15, -0.1) is 0 Å². The van der Waals surface area contributed by atoms with E-state index in [9.17, 15) is 37.7 Å². The van der Waals surface area contributed by atoms with Crippen molar-refractivity contribution in [1.29, 1.82) is 0 Å². The number of alkyl halides is 3. The van der Waals surface area contributed by atoms with Crippen LogP contribution in [-0.4, -0.2) is 40.5 Å². The number of nitrogens with one attached hydrogen (secondary N) is 1. The van der Waals surface area contributed by atoms with Gasteiger partial charge in [0, 0.05) is 11.8 Å². The van der Waals surface area contributed by atoms with E-state index in [-0.39, 0.29) is 10.7 Å². The highest BCUT2D eigenvalue weighted by molar-refractivity contribution is 8.18. The Hall–Kier alpha value is -4.85. The smallest absolute Gasteiger partial charge is 0.416 e. The number of carbonyl (C=O) groups is 3. The first-order valence-electron chi connectivity index (χ1n) is 11.3. The molecule has 1 aliphatic heterocycles. The summed E-state index contributed by atoms with van der Waals surface area (Å²) in [6, 6.07) is 14.2. The number of nitro benzene ring substituents is 1. The highest BCUT2D eigenvalue weighted by atomic mass is 32.2. The van der Waals surface area contributed by atoms with Crippen molar-refractivity contribution < 1.29 is 42.0 Å². The molecule has 3 aromatic rings. The summed E-state index contributed by atoms with van der Waals surface area (Å²) in [6.45, 7) is -0.519. The second-order valence-electron chi connectivity index (χ2n) is 8.16. The number of halogens is 3. The Morgan fingerprint density at radius 3 is 2.45 bits per heavy atom. The largest absolute Gasteiger partial charge is 0.497 e. The molecular weight excluding hydrogens is 555 g/mol. The maximum absolute atomic E-state index is 13.0. The van der Waals surface area contributed by atoms with Crippen LogP contribution in [-0.2, 0) is 15.8 Å². The van der Waals surface area contributed by atoms with E-state index in [4.69, 9.17) is 9.47 Å². The highest BCUT2D eigenvalue weighted by Gasteiger charge is 2.36. The van der Waals surface area contributed by atoms with Crippen LogP contribution < -0.4 is 14.8 Å². The molecule has 0 unspecified atom stereocenters. The van der Waals surface area contributed by atoms with Crippen LogP contribution in [0.5, 0.6) is 17.2 Å². The van der Waals surface area contributed by atoms with Gasteiger partial charge in [0.25, 0.3) is 11.1 Å². The van der Waals surface area contributed by atoms with Crippen LogP contribution in [0.25, 0.3) is 6.08 Å². The molecule has 0 aliphatic carbocycles. The zero-order valence-corrected chi connectivity index (χ0v) is 21.2. The van der Waals surface area contributed by atoms with E-state index >= 15 is 0 Å². The molecule has 0 spiro atoms. The van der Waals surface area contributed by atoms with Gasteiger partial charge in [-0.1, -0.05) is 12.1 Å². The molecular formula is C26H18F3N3O7S. The van der Waals surface area contributed by atoms with Gasteiger partial charge in [-0.25, -0.2) is 0 Å². The molecule has 1 aliphatic rings. The molecule has 1 saturated heterocycles. The van der Waals surface area contributed by atoms with Crippen LogP contribution >= 0.6 is 11.8 Å². The Labute approximate surface area is 228 Å². The zero-order chi connectivity index (χ0) is 29.0. The first kappa shape index (κ1) is 28.2. The Morgan fingerprint density at radius 2 is 1.80 bits per heavy atom. The van der Waals surface area contributed by atoms with E-state index in [2.05, 4.69) is 5.32 Å². The van der Waals surface area contributed by atoms with Crippen molar-refractivity contribution in [2.24, 2.45) is 0 Å². The van der Waals surface area contributed by atoms with Gasteiger partial charge in [-0.2, -0.15) is 13.2 Å². The maximum Gasteiger partial charge on any atom is 0.416 e. The van der Waals surface area contributed by atoms with Crippen molar-refractivity contribution in [3.8, 4) is 17.2 Å². The highest BCUT2D eigenvalue weighted by Crippen LogP contribution is 2.38. The van der Waals surface area contributed by atoms with Crippen molar-refractivity contribution >= 4 is 46.3 Å². The molecule has 0 radical (unpaired) electrons. The number of thioether (sulfide) groups is 1. The van der Waals surface area contributed by atoms with E-state index in [1.54, 1.807) is 30.3 Å². The molecule has 4 rings (SSSR count). The minimum absolute atomic E-state index is 0.0138. The molecule has 40 heavy (non-hydrogen) atoms. The van der Waals surface area contributed by atoms with Gasteiger partial charge in [0.05, 0.1) is 22.5 Å². The lowest BCUT2D eigenvalue weighted by atomic mass is 10.1. The Morgan fingerprint density at radius 1 is 1.07 bits per heavy atom. The molecule has 3 amide bonds. The van der Waals surface area contributed by atoms with E-state index in [0.717, 1.165) is 11.0 Å². The van der Waals surface area contributed by atoms with Crippen molar-refractivity contribution in [2.75, 3.05) is 19.0 Å². The standard InChI is InChI=1S/C26H18F3N3O7S/c1-38-18-8-6-17(7-9-18)30-23(33)14-31-24(34)22(40-25(31)35)12-15-3-2-4-19(11-15)39-21-10-5-16(26(27,28)29)13-20(21)32(36)37/h2-13H,14H2,1H3,(H,30,33)/b22-12+. The van der Waals surface area contributed by atoms with Crippen LogP contribution in [0.15, 0.2) is 71.6 Å². The molecule has 3 aromatic carbocycles. The molecule has 0 aromatic heterocycles. The molecule has 0 saturated carbocycles. The van der Waals surface area contributed by atoms with Gasteiger partial charge in [0.15, 0.2) is 0 Å². The summed E-state index contributed by atoms with van der Waals surface area (Å²) in [6.07, 6.45) is -3.41. The summed E-state index contributed by atoms with van der Waals surface area (Å²) in [4.78, 5) is 48.8. The third kappa shape index (κ3) is 6.58. The van der Waals surface area contributed by atoms with Gasteiger partial charge in [0.1, 0.15) is 18.0 Å².